The molecule has 0 unspecified atom stereocenters. The number of fused-ring (bicyclic) bond motifs is 1. The van der Waals surface area contributed by atoms with Crippen molar-refractivity contribution in [1.29, 1.82) is 0 Å². The van der Waals surface area contributed by atoms with Gasteiger partial charge >= 0.3 is 5.69 Å². The first-order valence-corrected chi connectivity index (χ1v) is 7.54. The molecule has 0 amide bonds. The van der Waals surface area contributed by atoms with Gasteiger partial charge < -0.3 is 4.98 Å². The third-order valence-electron chi connectivity index (χ3n) is 3.10. The standard InChI is InChI=1S/C15H15N3OS/c19-15-17-12-6-1-2-7-13(12)18(15)10-5-11-20-14-8-3-4-9-16-14/h1-4,6-9H,5,10-11H2,(H,17,19). The van der Waals surface area contributed by atoms with E-state index in [2.05, 4.69) is 9.97 Å². The van der Waals surface area contributed by atoms with Gasteiger partial charge in [-0.2, -0.15) is 0 Å². The molecular formula is C15H15N3OS. The number of aryl methyl sites for hydroxylation is 1. The SMILES string of the molecule is O=c1[nH]c2ccccc2n1CCCSc1ccccn1. The van der Waals surface area contributed by atoms with Gasteiger partial charge in [-0.05, 0) is 30.7 Å². The molecule has 0 fully saturated rings. The molecule has 0 aliphatic carbocycles. The maximum Gasteiger partial charge on any atom is 0.326 e. The number of para-hydroxylation sites is 2. The highest BCUT2D eigenvalue weighted by Gasteiger charge is 2.05. The lowest BCUT2D eigenvalue weighted by molar-refractivity contribution is 0.679. The Bertz CT molecular complexity index is 748. The first-order valence-electron chi connectivity index (χ1n) is 6.56. The summed E-state index contributed by atoms with van der Waals surface area (Å²) in [5, 5.41) is 1.03. The van der Waals surface area contributed by atoms with Crippen LogP contribution in [0.3, 0.4) is 0 Å². The Morgan fingerprint density at radius 2 is 2.00 bits per heavy atom. The number of nitrogens with one attached hydrogen (secondary N) is 1. The van der Waals surface area contributed by atoms with Gasteiger partial charge in [0.05, 0.1) is 16.1 Å². The van der Waals surface area contributed by atoms with Crippen LogP contribution in [0.5, 0.6) is 0 Å². The molecule has 3 rings (SSSR count). The second-order valence-electron chi connectivity index (χ2n) is 4.47. The average molecular weight is 285 g/mol. The highest BCUT2D eigenvalue weighted by Crippen LogP contribution is 2.16. The zero-order chi connectivity index (χ0) is 13.8. The highest BCUT2D eigenvalue weighted by molar-refractivity contribution is 7.99. The summed E-state index contributed by atoms with van der Waals surface area (Å²) in [7, 11) is 0. The second kappa shape index (κ2) is 5.96. The van der Waals surface area contributed by atoms with Crippen LogP contribution >= 0.6 is 11.8 Å². The van der Waals surface area contributed by atoms with E-state index in [1.807, 2.05) is 42.5 Å². The van der Waals surface area contributed by atoms with E-state index in [-0.39, 0.29) is 5.69 Å². The average Bonchev–Trinajstić information content (AvgIpc) is 2.80. The Morgan fingerprint density at radius 3 is 2.85 bits per heavy atom. The van der Waals surface area contributed by atoms with E-state index in [0.717, 1.165) is 34.8 Å². The van der Waals surface area contributed by atoms with Crippen molar-refractivity contribution in [3.8, 4) is 0 Å². The molecule has 1 N–H and O–H groups in total. The Morgan fingerprint density at radius 1 is 1.15 bits per heavy atom. The third-order valence-corrected chi connectivity index (χ3v) is 4.13. The number of aromatic nitrogens is 3. The van der Waals surface area contributed by atoms with Gasteiger partial charge in [-0.1, -0.05) is 18.2 Å². The van der Waals surface area contributed by atoms with E-state index >= 15 is 0 Å². The van der Waals surface area contributed by atoms with Crippen LogP contribution < -0.4 is 5.69 Å². The maximum absolute atomic E-state index is 11.9. The lowest BCUT2D eigenvalue weighted by Crippen LogP contribution is -2.17. The quantitative estimate of drug-likeness (QED) is 0.579. The number of benzene rings is 1. The van der Waals surface area contributed by atoms with E-state index < -0.39 is 0 Å². The van der Waals surface area contributed by atoms with Crippen molar-refractivity contribution in [1.82, 2.24) is 14.5 Å². The van der Waals surface area contributed by atoms with Gasteiger partial charge in [0.25, 0.3) is 0 Å². The fourth-order valence-corrected chi connectivity index (χ4v) is 2.95. The van der Waals surface area contributed by atoms with Crippen LogP contribution in [0.1, 0.15) is 6.42 Å². The van der Waals surface area contributed by atoms with Crippen molar-refractivity contribution in [3.05, 3.63) is 59.1 Å². The number of nitrogens with zero attached hydrogens (tertiary/aromatic N) is 2. The summed E-state index contributed by atoms with van der Waals surface area (Å²) in [4.78, 5) is 19.0. The number of imidazole rings is 1. The van der Waals surface area contributed by atoms with Crippen LogP contribution in [0.25, 0.3) is 11.0 Å². The van der Waals surface area contributed by atoms with Crippen LogP contribution in [-0.2, 0) is 6.54 Å². The minimum absolute atomic E-state index is 0.0333. The number of H-pyrrole nitrogens is 1. The molecule has 0 bridgehead atoms. The van der Waals surface area contributed by atoms with Crippen LogP contribution in [0, 0.1) is 0 Å². The van der Waals surface area contributed by atoms with Crippen molar-refractivity contribution in [2.75, 3.05) is 5.75 Å². The molecule has 0 spiro atoms. The van der Waals surface area contributed by atoms with Crippen molar-refractivity contribution in [2.24, 2.45) is 0 Å². The number of hydrogen-bond acceptors (Lipinski definition) is 3. The van der Waals surface area contributed by atoms with Gasteiger partial charge in [0, 0.05) is 18.5 Å². The molecule has 0 radical (unpaired) electrons. The summed E-state index contributed by atoms with van der Waals surface area (Å²) < 4.78 is 1.80. The van der Waals surface area contributed by atoms with E-state index in [1.165, 1.54) is 0 Å². The van der Waals surface area contributed by atoms with Crippen LogP contribution in [0.15, 0.2) is 58.5 Å². The van der Waals surface area contributed by atoms with Gasteiger partial charge in [0.1, 0.15) is 0 Å². The normalized spacial score (nSPS) is 11.0. The fraction of sp³-hybridized carbons (Fsp3) is 0.200. The number of aromatic amines is 1. The van der Waals surface area contributed by atoms with Crippen molar-refractivity contribution >= 4 is 22.8 Å². The molecule has 0 atom stereocenters. The molecule has 2 heterocycles. The zero-order valence-corrected chi connectivity index (χ0v) is 11.8. The summed E-state index contributed by atoms with van der Waals surface area (Å²) in [6.45, 7) is 0.725. The number of hydrogen-bond donors (Lipinski definition) is 1. The summed E-state index contributed by atoms with van der Waals surface area (Å²) in [6, 6.07) is 13.7. The predicted molar refractivity (Wildman–Crippen MR) is 82.1 cm³/mol. The zero-order valence-electron chi connectivity index (χ0n) is 11.0. The summed E-state index contributed by atoms with van der Waals surface area (Å²) >= 11 is 1.72. The number of thioether (sulfide) groups is 1. The number of pyridine rings is 1. The smallest absolute Gasteiger partial charge is 0.306 e. The first-order chi connectivity index (χ1) is 9.84. The topological polar surface area (TPSA) is 50.7 Å². The summed E-state index contributed by atoms with van der Waals surface area (Å²) in [5.41, 5.74) is 1.84. The predicted octanol–water partition coefficient (Wildman–Crippen LogP) is 2.91. The molecule has 4 nitrogen and oxygen atoms in total. The largest absolute Gasteiger partial charge is 0.326 e. The number of rotatable bonds is 5. The molecule has 0 saturated heterocycles. The van der Waals surface area contributed by atoms with Gasteiger partial charge in [-0.25, -0.2) is 9.78 Å². The van der Waals surface area contributed by atoms with Crippen LogP contribution in [0.2, 0.25) is 0 Å². The maximum atomic E-state index is 11.9. The Hall–Kier alpha value is -2.01. The molecule has 20 heavy (non-hydrogen) atoms. The fourth-order valence-electron chi connectivity index (χ4n) is 2.16. The van der Waals surface area contributed by atoms with Crippen molar-refractivity contribution < 1.29 is 0 Å². The molecule has 3 aromatic rings. The third kappa shape index (κ3) is 2.77. The Labute approximate surface area is 120 Å². The Kier molecular flexibility index (Phi) is 3.87. The van der Waals surface area contributed by atoms with Crippen molar-refractivity contribution in [2.45, 2.75) is 18.0 Å². The van der Waals surface area contributed by atoms with Gasteiger partial charge in [0.2, 0.25) is 0 Å². The summed E-state index contributed by atoms with van der Waals surface area (Å²) in [5.74, 6) is 0.947. The first kappa shape index (κ1) is 13.0. The van der Waals surface area contributed by atoms with E-state index in [1.54, 1.807) is 22.5 Å². The molecule has 0 aliphatic rings. The highest BCUT2D eigenvalue weighted by atomic mass is 32.2. The molecule has 5 heteroatoms. The van der Waals surface area contributed by atoms with Gasteiger partial charge in [-0.15, -0.1) is 11.8 Å². The lowest BCUT2D eigenvalue weighted by atomic mass is 10.3. The molecular weight excluding hydrogens is 270 g/mol. The minimum atomic E-state index is -0.0333. The van der Waals surface area contributed by atoms with Crippen LogP contribution in [-0.4, -0.2) is 20.3 Å². The molecule has 0 aliphatic heterocycles. The second-order valence-corrected chi connectivity index (χ2v) is 5.58. The molecule has 1 aromatic carbocycles. The molecule has 102 valence electrons. The van der Waals surface area contributed by atoms with Crippen LogP contribution in [0.4, 0.5) is 0 Å². The van der Waals surface area contributed by atoms with Gasteiger partial charge in [0.15, 0.2) is 0 Å². The molecule has 0 saturated carbocycles. The van der Waals surface area contributed by atoms with E-state index in [0.29, 0.717) is 0 Å². The van der Waals surface area contributed by atoms with Gasteiger partial charge in [-0.3, -0.25) is 4.57 Å². The van der Waals surface area contributed by atoms with Crippen molar-refractivity contribution in [3.63, 3.8) is 0 Å². The van der Waals surface area contributed by atoms with E-state index in [9.17, 15) is 4.79 Å². The lowest BCUT2D eigenvalue weighted by Gasteiger charge is -2.03. The van der Waals surface area contributed by atoms with E-state index in [4.69, 9.17) is 0 Å². The monoisotopic (exact) mass is 285 g/mol. The molecule has 2 aromatic heterocycles. The minimum Gasteiger partial charge on any atom is -0.306 e. The summed E-state index contributed by atoms with van der Waals surface area (Å²) in [6.07, 6.45) is 2.73. The Balaban J connectivity index is 1.63.